The lowest BCUT2D eigenvalue weighted by atomic mass is 9.94. The van der Waals surface area contributed by atoms with E-state index in [0.29, 0.717) is 17.0 Å². The number of para-hydroxylation sites is 2. The highest BCUT2D eigenvalue weighted by atomic mass is 35.5. The molecule has 1 N–H and O–H groups in total. The van der Waals surface area contributed by atoms with E-state index in [9.17, 15) is 4.79 Å². The highest BCUT2D eigenvalue weighted by Gasteiger charge is 2.32. The zero-order valence-electron chi connectivity index (χ0n) is 19.4. The van der Waals surface area contributed by atoms with Gasteiger partial charge >= 0.3 is 0 Å². The molecule has 2 aliphatic heterocycles. The molecule has 0 aliphatic carbocycles. The van der Waals surface area contributed by atoms with Crippen LogP contribution in [0.2, 0.25) is 5.02 Å². The molecule has 1 aromatic heterocycles. The van der Waals surface area contributed by atoms with Crippen molar-refractivity contribution in [1.29, 1.82) is 0 Å². The van der Waals surface area contributed by atoms with Gasteiger partial charge in [0.25, 0.3) is 0 Å². The number of carbonyl (C=O) groups is 1. The minimum Gasteiger partial charge on any atom is -0.371 e. The Labute approximate surface area is 200 Å². The highest BCUT2D eigenvalue weighted by Crippen LogP contribution is 2.33. The number of likely N-dealkylation sites (tertiary alicyclic amines) is 1. The molecule has 3 aromatic rings. The Morgan fingerprint density at radius 3 is 2.64 bits per heavy atom. The molecule has 1 atom stereocenters. The lowest BCUT2D eigenvalue weighted by Gasteiger charge is -2.39. The number of carbonyl (C=O) groups excluding carboxylic acids is 1. The summed E-state index contributed by atoms with van der Waals surface area (Å²) in [5, 5.41) is 0.672. The summed E-state index contributed by atoms with van der Waals surface area (Å²) in [6.45, 7) is 3.45. The second-order valence-electron chi connectivity index (χ2n) is 9.57. The number of piperidine rings is 2. The summed E-state index contributed by atoms with van der Waals surface area (Å²) in [6, 6.07) is 14.7. The van der Waals surface area contributed by atoms with Crippen LogP contribution in [0.15, 0.2) is 42.5 Å². The van der Waals surface area contributed by atoms with Gasteiger partial charge in [-0.2, -0.15) is 0 Å². The first-order chi connectivity index (χ1) is 16.0. The zero-order valence-corrected chi connectivity index (χ0v) is 20.2. The maximum Gasteiger partial charge on any atom is 0.227 e. The molecule has 33 heavy (non-hydrogen) atoms. The molecule has 0 unspecified atom stereocenters. The van der Waals surface area contributed by atoms with Crippen LogP contribution in [0.1, 0.15) is 25.7 Å². The number of anilines is 1. The van der Waals surface area contributed by atoms with Crippen LogP contribution in [-0.4, -0.2) is 72.0 Å². The summed E-state index contributed by atoms with van der Waals surface area (Å²) < 4.78 is 0. The molecule has 3 heterocycles. The number of hydrogen-bond acceptors (Lipinski definition) is 4. The van der Waals surface area contributed by atoms with Crippen molar-refractivity contribution in [1.82, 2.24) is 19.8 Å². The van der Waals surface area contributed by atoms with Crippen LogP contribution in [0.25, 0.3) is 22.4 Å². The Bertz CT molecular complexity index is 1100. The van der Waals surface area contributed by atoms with Gasteiger partial charge in [-0.3, -0.25) is 4.79 Å². The average molecular weight is 466 g/mol. The molecule has 2 aromatic carbocycles. The van der Waals surface area contributed by atoms with Crippen molar-refractivity contribution in [3.05, 3.63) is 47.5 Å². The Kier molecular flexibility index (Phi) is 6.30. The molecule has 2 fully saturated rings. The van der Waals surface area contributed by atoms with E-state index >= 15 is 0 Å². The monoisotopic (exact) mass is 465 g/mol. The summed E-state index contributed by atoms with van der Waals surface area (Å²) in [5.74, 6) is 1.15. The Hall–Kier alpha value is -2.57. The summed E-state index contributed by atoms with van der Waals surface area (Å²) >= 11 is 6.57. The summed E-state index contributed by atoms with van der Waals surface area (Å²) in [4.78, 5) is 28.1. The van der Waals surface area contributed by atoms with Crippen molar-refractivity contribution in [2.24, 2.45) is 5.92 Å². The molecular formula is C26H32ClN5O. The van der Waals surface area contributed by atoms with Gasteiger partial charge in [0.2, 0.25) is 5.91 Å². The van der Waals surface area contributed by atoms with Crippen molar-refractivity contribution in [3.8, 4) is 11.4 Å². The van der Waals surface area contributed by atoms with E-state index < -0.39 is 0 Å². The summed E-state index contributed by atoms with van der Waals surface area (Å²) in [7, 11) is 4.26. The number of aromatic nitrogens is 2. The zero-order chi connectivity index (χ0) is 22.9. The van der Waals surface area contributed by atoms with E-state index in [1.807, 2.05) is 30.3 Å². The Morgan fingerprint density at radius 1 is 1.09 bits per heavy atom. The van der Waals surface area contributed by atoms with Gasteiger partial charge in [0.15, 0.2) is 0 Å². The third-order valence-corrected chi connectivity index (χ3v) is 7.57. The predicted molar refractivity (Wildman–Crippen MR) is 135 cm³/mol. The standard InChI is InChI=1S/C26H32ClN5O/c1-30(2)19-11-14-31(15-12-19)26(33)18-6-5-13-32(17-18)20-9-10-22(27)21(16-20)25-28-23-7-3-4-8-24(23)29-25/h3-4,7-10,16,18-19H,5-6,11-15,17H2,1-2H3,(H,28,29)/t18-/m1/s1. The van der Waals surface area contributed by atoms with Crippen LogP contribution in [0.5, 0.6) is 0 Å². The SMILES string of the molecule is CN(C)C1CCN(C(=O)[C@@H]2CCCN(c3ccc(Cl)c(-c4nc5ccccc5[nH]4)c3)C2)CC1. The topological polar surface area (TPSA) is 55.5 Å². The molecule has 2 aliphatic rings. The van der Waals surface area contributed by atoms with Gasteiger partial charge in [0.1, 0.15) is 5.82 Å². The number of amides is 1. The summed E-state index contributed by atoms with van der Waals surface area (Å²) in [5.41, 5.74) is 3.91. The molecule has 174 valence electrons. The maximum absolute atomic E-state index is 13.3. The Morgan fingerprint density at radius 2 is 1.88 bits per heavy atom. The number of H-pyrrole nitrogens is 1. The molecule has 7 heteroatoms. The van der Waals surface area contributed by atoms with Crippen molar-refractivity contribution >= 4 is 34.2 Å². The molecule has 0 bridgehead atoms. The van der Waals surface area contributed by atoms with E-state index in [1.165, 1.54) is 0 Å². The minimum absolute atomic E-state index is 0.0555. The van der Waals surface area contributed by atoms with Crippen LogP contribution < -0.4 is 4.90 Å². The molecular weight excluding hydrogens is 434 g/mol. The molecule has 0 saturated carbocycles. The largest absolute Gasteiger partial charge is 0.371 e. The number of halogens is 1. The van der Waals surface area contributed by atoms with Crippen LogP contribution >= 0.6 is 11.6 Å². The first-order valence-electron chi connectivity index (χ1n) is 11.9. The third kappa shape index (κ3) is 4.59. The third-order valence-electron chi connectivity index (χ3n) is 7.24. The molecule has 6 nitrogen and oxygen atoms in total. The normalized spacial score (nSPS) is 20.1. The number of imidazole rings is 1. The van der Waals surface area contributed by atoms with Crippen molar-refractivity contribution in [2.75, 3.05) is 45.2 Å². The minimum atomic E-state index is 0.0555. The van der Waals surface area contributed by atoms with E-state index in [4.69, 9.17) is 16.6 Å². The van der Waals surface area contributed by atoms with Gasteiger partial charge in [-0.1, -0.05) is 23.7 Å². The smallest absolute Gasteiger partial charge is 0.227 e. The lowest BCUT2D eigenvalue weighted by Crippen LogP contribution is -2.49. The van der Waals surface area contributed by atoms with Gasteiger partial charge < -0.3 is 19.7 Å². The fourth-order valence-corrected chi connectivity index (χ4v) is 5.45. The van der Waals surface area contributed by atoms with E-state index in [0.717, 1.165) is 80.0 Å². The van der Waals surface area contributed by atoms with Crippen LogP contribution in [0.4, 0.5) is 5.69 Å². The number of nitrogens with one attached hydrogen (secondary N) is 1. The summed E-state index contributed by atoms with van der Waals surface area (Å²) in [6.07, 6.45) is 4.11. The fourth-order valence-electron chi connectivity index (χ4n) is 5.25. The Balaban J connectivity index is 1.31. The van der Waals surface area contributed by atoms with Crippen LogP contribution in [0.3, 0.4) is 0 Å². The maximum atomic E-state index is 13.3. The van der Waals surface area contributed by atoms with E-state index in [1.54, 1.807) is 0 Å². The number of benzene rings is 2. The van der Waals surface area contributed by atoms with Crippen LogP contribution in [0, 0.1) is 5.92 Å². The van der Waals surface area contributed by atoms with Crippen molar-refractivity contribution in [2.45, 2.75) is 31.7 Å². The van der Waals surface area contributed by atoms with Gasteiger partial charge in [-0.25, -0.2) is 4.98 Å². The first-order valence-corrected chi connectivity index (χ1v) is 12.3. The lowest BCUT2D eigenvalue weighted by molar-refractivity contribution is -0.137. The van der Waals surface area contributed by atoms with Crippen molar-refractivity contribution < 1.29 is 4.79 Å². The van der Waals surface area contributed by atoms with Gasteiger partial charge in [0, 0.05) is 43.5 Å². The molecule has 2 saturated heterocycles. The predicted octanol–water partition coefficient (Wildman–Crippen LogP) is 4.65. The second kappa shape index (κ2) is 9.35. The quantitative estimate of drug-likeness (QED) is 0.609. The van der Waals surface area contributed by atoms with E-state index in [-0.39, 0.29) is 5.92 Å². The molecule has 1 amide bonds. The van der Waals surface area contributed by atoms with Gasteiger partial charge in [0.05, 0.1) is 22.0 Å². The molecule has 5 rings (SSSR count). The van der Waals surface area contributed by atoms with Crippen LogP contribution in [-0.2, 0) is 4.79 Å². The van der Waals surface area contributed by atoms with E-state index in [2.05, 4.69) is 45.9 Å². The highest BCUT2D eigenvalue weighted by molar-refractivity contribution is 6.33. The first kappa shape index (κ1) is 22.2. The van der Waals surface area contributed by atoms with Crippen molar-refractivity contribution in [3.63, 3.8) is 0 Å². The number of aromatic amines is 1. The average Bonchev–Trinajstić information content (AvgIpc) is 3.28. The number of fused-ring (bicyclic) bond motifs is 1. The second-order valence-corrected chi connectivity index (χ2v) is 9.98. The number of rotatable bonds is 4. The molecule has 0 spiro atoms. The van der Waals surface area contributed by atoms with Gasteiger partial charge in [-0.05, 0) is 70.1 Å². The fraction of sp³-hybridized carbons (Fsp3) is 0.462. The van der Waals surface area contributed by atoms with Gasteiger partial charge in [-0.15, -0.1) is 0 Å². The number of hydrogen-bond donors (Lipinski definition) is 1. The molecule has 0 radical (unpaired) electrons. The number of nitrogens with zero attached hydrogens (tertiary/aromatic N) is 4.